The van der Waals surface area contributed by atoms with E-state index in [2.05, 4.69) is 21.7 Å². The summed E-state index contributed by atoms with van der Waals surface area (Å²) in [6.45, 7) is 2.28. The first-order chi connectivity index (χ1) is 13.2. The lowest BCUT2D eigenvalue weighted by atomic mass is 10.1. The van der Waals surface area contributed by atoms with E-state index >= 15 is 0 Å². The first-order valence-corrected chi connectivity index (χ1v) is 9.40. The number of oxazole rings is 1. The van der Waals surface area contributed by atoms with Crippen molar-refractivity contribution < 1.29 is 23.4 Å². The normalized spacial score (nSPS) is 13.4. The van der Waals surface area contributed by atoms with Crippen LogP contribution in [0.25, 0.3) is 0 Å². The molecule has 4 rings (SSSR count). The molecule has 27 heavy (non-hydrogen) atoms. The Morgan fingerprint density at radius 2 is 2.22 bits per heavy atom. The molecule has 0 saturated heterocycles. The summed E-state index contributed by atoms with van der Waals surface area (Å²) in [6.07, 6.45) is 2.11. The van der Waals surface area contributed by atoms with Crippen molar-refractivity contribution in [3.63, 3.8) is 0 Å². The molecule has 1 aliphatic rings. The largest absolute Gasteiger partial charge is 0.484 e. The second-order valence-corrected chi connectivity index (χ2v) is 6.92. The molecule has 0 aliphatic carbocycles. The third kappa shape index (κ3) is 4.22. The first-order valence-electron chi connectivity index (χ1n) is 8.46. The molecule has 0 spiro atoms. The summed E-state index contributed by atoms with van der Waals surface area (Å²) in [6, 6.07) is 7.34. The van der Waals surface area contributed by atoms with Crippen molar-refractivity contribution in [1.82, 2.24) is 10.3 Å². The van der Waals surface area contributed by atoms with Crippen LogP contribution < -0.4 is 19.5 Å². The molecule has 2 aromatic heterocycles. The van der Waals surface area contributed by atoms with Crippen molar-refractivity contribution in [2.45, 2.75) is 26.0 Å². The van der Waals surface area contributed by atoms with Crippen molar-refractivity contribution in [1.29, 1.82) is 0 Å². The number of aromatic nitrogens is 1. The molecule has 3 aromatic rings. The van der Waals surface area contributed by atoms with E-state index in [0.717, 1.165) is 6.42 Å². The maximum Gasteiger partial charge on any atom is 0.273 e. The molecule has 1 N–H and O–H groups in total. The zero-order chi connectivity index (χ0) is 18.6. The second kappa shape index (κ2) is 7.71. The van der Waals surface area contributed by atoms with Gasteiger partial charge >= 0.3 is 0 Å². The molecule has 0 bridgehead atoms. The monoisotopic (exact) mass is 386 g/mol. The Hall–Kier alpha value is -3.00. The summed E-state index contributed by atoms with van der Waals surface area (Å²) in [5, 5.41) is 7.02. The molecule has 7 nitrogen and oxygen atoms in total. The summed E-state index contributed by atoms with van der Waals surface area (Å²) in [4.78, 5) is 16.5. The van der Waals surface area contributed by atoms with E-state index in [-0.39, 0.29) is 31.0 Å². The van der Waals surface area contributed by atoms with E-state index in [1.165, 1.54) is 11.8 Å². The van der Waals surface area contributed by atoms with Gasteiger partial charge in [0.15, 0.2) is 23.8 Å². The summed E-state index contributed by atoms with van der Waals surface area (Å²) in [5.74, 6) is 1.99. The molecule has 1 aromatic carbocycles. The number of thiophene rings is 1. The fourth-order valence-corrected chi connectivity index (χ4v) is 3.39. The molecular formula is C19H18N2O5S. The topological polar surface area (TPSA) is 82.8 Å². The van der Waals surface area contributed by atoms with Crippen molar-refractivity contribution >= 4 is 17.2 Å². The molecule has 3 heterocycles. The van der Waals surface area contributed by atoms with Crippen LogP contribution in [0.3, 0.4) is 0 Å². The van der Waals surface area contributed by atoms with Gasteiger partial charge in [-0.1, -0.05) is 0 Å². The summed E-state index contributed by atoms with van der Waals surface area (Å²) < 4.78 is 21.5. The van der Waals surface area contributed by atoms with Gasteiger partial charge in [-0.25, -0.2) is 4.98 Å². The number of nitrogens with one attached hydrogen (secondary N) is 1. The number of hydrogen-bond acceptors (Lipinski definition) is 7. The van der Waals surface area contributed by atoms with Crippen LogP contribution >= 0.6 is 11.3 Å². The van der Waals surface area contributed by atoms with Gasteiger partial charge in [-0.3, -0.25) is 4.79 Å². The lowest BCUT2D eigenvalue weighted by Crippen LogP contribution is -2.34. The van der Waals surface area contributed by atoms with Gasteiger partial charge < -0.3 is 23.9 Å². The quantitative estimate of drug-likeness (QED) is 0.670. The maximum absolute atomic E-state index is 12.3. The Morgan fingerprint density at radius 3 is 3.07 bits per heavy atom. The number of benzene rings is 1. The third-order valence-corrected chi connectivity index (χ3v) is 4.72. The number of hydrogen-bond donors (Lipinski definition) is 1. The number of rotatable bonds is 7. The van der Waals surface area contributed by atoms with Crippen LogP contribution in [0.4, 0.5) is 0 Å². The molecule has 140 valence electrons. The van der Waals surface area contributed by atoms with E-state index in [9.17, 15) is 4.79 Å². The van der Waals surface area contributed by atoms with Gasteiger partial charge in [0.1, 0.15) is 12.0 Å². The molecule has 8 heteroatoms. The van der Waals surface area contributed by atoms with Crippen LogP contribution in [0.2, 0.25) is 0 Å². The molecule has 0 saturated carbocycles. The number of fused-ring (bicyclic) bond motifs is 1. The Morgan fingerprint density at radius 1 is 1.33 bits per heavy atom. The minimum atomic E-state index is -0.268. The summed E-state index contributed by atoms with van der Waals surface area (Å²) >= 11 is 1.64. The predicted octanol–water partition coefficient (Wildman–Crippen LogP) is 3.40. The first kappa shape index (κ1) is 17.4. The minimum absolute atomic E-state index is 0.00265. The molecule has 1 aliphatic heterocycles. The lowest BCUT2D eigenvalue weighted by Gasteiger charge is -2.11. The zero-order valence-corrected chi connectivity index (χ0v) is 15.5. The zero-order valence-electron chi connectivity index (χ0n) is 14.6. The third-order valence-electron chi connectivity index (χ3n) is 3.99. The standard InChI is InChI=1S/C19H18N2O5S/c1-12(6-13-4-5-27-10-13)20-19(22)15-8-24-18(21-15)9-23-14-2-3-16-17(7-14)26-11-25-16/h2-5,7-8,10,12H,6,9,11H2,1H3,(H,20,22). The second-order valence-electron chi connectivity index (χ2n) is 6.14. The van der Waals surface area contributed by atoms with Gasteiger partial charge in [0.2, 0.25) is 12.7 Å². The van der Waals surface area contributed by atoms with Crippen molar-refractivity contribution in [2.75, 3.05) is 6.79 Å². The van der Waals surface area contributed by atoms with Gasteiger partial charge in [-0.15, -0.1) is 0 Å². The van der Waals surface area contributed by atoms with Gasteiger partial charge in [-0.05, 0) is 47.9 Å². The van der Waals surface area contributed by atoms with Gasteiger partial charge in [0, 0.05) is 12.1 Å². The van der Waals surface area contributed by atoms with Crippen LogP contribution in [-0.4, -0.2) is 23.7 Å². The van der Waals surface area contributed by atoms with Crippen molar-refractivity contribution in [3.05, 3.63) is 58.4 Å². The Kier molecular flexibility index (Phi) is 4.97. The number of ether oxygens (including phenoxy) is 3. The van der Waals surface area contributed by atoms with E-state index in [1.807, 2.05) is 12.3 Å². The van der Waals surface area contributed by atoms with E-state index in [1.54, 1.807) is 29.5 Å². The summed E-state index contributed by atoms with van der Waals surface area (Å²) in [5.41, 5.74) is 1.43. The molecule has 0 radical (unpaired) electrons. The molecule has 1 unspecified atom stereocenters. The fourth-order valence-electron chi connectivity index (χ4n) is 2.70. The highest BCUT2D eigenvalue weighted by Crippen LogP contribution is 2.35. The van der Waals surface area contributed by atoms with Gasteiger partial charge in [0.25, 0.3) is 5.91 Å². The average molecular weight is 386 g/mol. The predicted molar refractivity (Wildman–Crippen MR) is 98.4 cm³/mol. The van der Waals surface area contributed by atoms with Crippen molar-refractivity contribution in [2.24, 2.45) is 0 Å². The molecule has 1 atom stereocenters. The van der Waals surface area contributed by atoms with E-state index in [4.69, 9.17) is 18.6 Å². The highest BCUT2D eigenvalue weighted by molar-refractivity contribution is 7.07. The lowest BCUT2D eigenvalue weighted by molar-refractivity contribution is 0.0935. The van der Waals surface area contributed by atoms with Crippen LogP contribution in [-0.2, 0) is 13.0 Å². The van der Waals surface area contributed by atoms with E-state index in [0.29, 0.717) is 23.1 Å². The Balaban J connectivity index is 1.30. The van der Waals surface area contributed by atoms with Crippen LogP contribution in [0.1, 0.15) is 28.9 Å². The molecule has 0 fully saturated rings. The van der Waals surface area contributed by atoms with Gasteiger partial charge in [-0.2, -0.15) is 11.3 Å². The highest BCUT2D eigenvalue weighted by Gasteiger charge is 2.17. The Bertz CT molecular complexity index is 922. The number of amides is 1. The van der Waals surface area contributed by atoms with E-state index < -0.39 is 0 Å². The van der Waals surface area contributed by atoms with Crippen LogP contribution in [0.15, 0.2) is 45.7 Å². The maximum atomic E-state index is 12.3. The molecule has 1 amide bonds. The average Bonchev–Trinajstić information content (AvgIpc) is 3.40. The van der Waals surface area contributed by atoms with Crippen LogP contribution in [0.5, 0.6) is 17.2 Å². The highest BCUT2D eigenvalue weighted by atomic mass is 32.1. The Labute approximate surface area is 159 Å². The van der Waals surface area contributed by atoms with Gasteiger partial charge in [0.05, 0.1) is 0 Å². The number of carbonyl (C=O) groups is 1. The smallest absolute Gasteiger partial charge is 0.273 e. The summed E-state index contributed by atoms with van der Waals surface area (Å²) in [7, 11) is 0. The fraction of sp³-hybridized carbons (Fsp3) is 0.263. The molecular weight excluding hydrogens is 368 g/mol. The number of carbonyl (C=O) groups excluding carboxylic acids is 1. The minimum Gasteiger partial charge on any atom is -0.484 e. The van der Waals surface area contributed by atoms with Crippen LogP contribution in [0, 0.1) is 0 Å². The number of nitrogens with zero attached hydrogens (tertiary/aromatic N) is 1. The van der Waals surface area contributed by atoms with Crippen molar-refractivity contribution in [3.8, 4) is 17.2 Å². The SMILES string of the molecule is CC(Cc1ccsc1)NC(=O)c1coc(COc2ccc3c(c2)OCO3)n1.